The van der Waals surface area contributed by atoms with E-state index < -0.39 is 0 Å². The zero-order chi connectivity index (χ0) is 10.6. The molecule has 0 heterocycles. The van der Waals surface area contributed by atoms with Gasteiger partial charge in [-0.15, -0.1) is 0 Å². The molecule has 0 aliphatic heterocycles. The molecule has 0 amide bonds. The van der Waals surface area contributed by atoms with Crippen molar-refractivity contribution in [2.24, 2.45) is 0 Å². The highest BCUT2D eigenvalue weighted by Gasteiger charge is 1.98. The molecule has 0 N–H and O–H groups in total. The van der Waals surface area contributed by atoms with Crippen molar-refractivity contribution in [3.05, 3.63) is 45.5 Å². The molecule has 0 fully saturated rings. The summed E-state index contributed by atoms with van der Waals surface area (Å²) in [4.78, 5) is 0. The van der Waals surface area contributed by atoms with E-state index in [1.54, 1.807) is 6.07 Å². The van der Waals surface area contributed by atoms with Crippen molar-refractivity contribution in [1.29, 1.82) is 0 Å². The highest BCUT2D eigenvalue weighted by atomic mass is 35.5. The highest BCUT2D eigenvalue weighted by Crippen LogP contribution is 2.20. The Morgan fingerprint density at radius 1 is 1.21 bits per heavy atom. The molecule has 0 unspecified atom stereocenters. The Labute approximate surface area is 95.5 Å². The lowest BCUT2D eigenvalue weighted by Crippen LogP contribution is -1.86. The van der Waals surface area contributed by atoms with E-state index in [-0.39, 0.29) is 0 Å². The van der Waals surface area contributed by atoms with E-state index >= 15 is 0 Å². The van der Waals surface area contributed by atoms with Crippen molar-refractivity contribution >= 4 is 23.2 Å². The molecule has 0 aliphatic carbocycles. The van der Waals surface area contributed by atoms with Gasteiger partial charge in [0.1, 0.15) is 0 Å². The number of allylic oxidation sites excluding steroid dienone is 2. The van der Waals surface area contributed by atoms with Gasteiger partial charge in [-0.2, -0.15) is 0 Å². The normalized spacial score (nSPS) is 11.9. The molecule has 2 heteroatoms. The van der Waals surface area contributed by atoms with Crippen LogP contribution < -0.4 is 0 Å². The molecular weight excluding hydrogens is 215 g/mol. The third-order valence-electron chi connectivity index (χ3n) is 2.22. The summed E-state index contributed by atoms with van der Waals surface area (Å²) in [6, 6.07) is 5.70. The molecule has 0 bridgehead atoms. The van der Waals surface area contributed by atoms with Crippen molar-refractivity contribution in [2.45, 2.75) is 26.7 Å². The van der Waals surface area contributed by atoms with Crippen LogP contribution in [0.5, 0.6) is 0 Å². The maximum Gasteiger partial charge on any atom is 0.0423 e. The van der Waals surface area contributed by atoms with Gasteiger partial charge in [0.25, 0.3) is 0 Å². The molecule has 0 radical (unpaired) electrons. The first-order valence-corrected chi connectivity index (χ1v) is 5.44. The average Bonchev–Trinajstić information content (AvgIpc) is 2.12. The Hall–Kier alpha value is -0.460. The van der Waals surface area contributed by atoms with Gasteiger partial charge < -0.3 is 0 Å². The van der Waals surface area contributed by atoms with Crippen LogP contribution in [0.2, 0.25) is 10.0 Å². The first-order valence-electron chi connectivity index (χ1n) is 4.68. The third kappa shape index (κ3) is 3.73. The maximum atomic E-state index is 5.90. The monoisotopic (exact) mass is 228 g/mol. The van der Waals surface area contributed by atoms with Crippen LogP contribution in [-0.4, -0.2) is 0 Å². The van der Waals surface area contributed by atoms with Crippen LogP contribution >= 0.6 is 23.2 Å². The van der Waals surface area contributed by atoms with Crippen LogP contribution in [0, 0.1) is 0 Å². The zero-order valence-electron chi connectivity index (χ0n) is 8.48. The number of hydrogen-bond donors (Lipinski definition) is 0. The molecule has 1 aromatic carbocycles. The summed E-state index contributed by atoms with van der Waals surface area (Å²) in [6.07, 6.45) is 4.19. The molecule has 0 aliphatic rings. The van der Waals surface area contributed by atoms with Gasteiger partial charge in [-0.25, -0.2) is 0 Å². The minimum absolute atomic E-state index is 0.714. The number of halogens is 2. The van der Waals surface area contributed by atoms with E-state index in [1.165, 1.54) is 11.1 Å². The van der Waals surface area contributed by atoms with Crippen molar-refractivity contribution in [3.63, 3.8) is 0 Å². The van der Waals surface area contributed by atoms with Crippen LogP contribution in [0.1, 0.15) is 25.8 Å². The standard InChI is InChI=1S/C12H14Cl2/c1-3-9(2)4-5-10-6-11(13)8-12(14)7-10/h3,6-8H,4-5H2,1-2H3/b9-3+. The largest absolute Gasteiger partial charge is 0.0887 e. The lowest BCUT2D eigenvalue weighted by Gasteiger charge is -2.03. The third-order valence-corrected chi connectivity index (χ3v) is 2.66. The van der Waals surface area contributed by atoms with E-state index in [9.17, 15) is 0 Å². The van der Waals surface area contributed by atoms with E-state index in [2.05, 4.69) is 19.9 Å². The highest BCUT2D eigenvalue weighted by molar-refractivity contribution is 6.34. The van der Waals surface area contributed by atoms with Gasteiger partial charge in [-0.1, -0.05) is 34.9 Å². The molecule has 0 aromatic heterocycles. The van der Waals surface area contributed by atoms with Crippen molar-refractivity contribution < 1.29 is 0 Å². The average molecular weight is 229 g/mol. The van der Waals surface area contributed by atoms with Gasteiger partial charge in [0.15, 0.2) is 0 Å². The summed E-state index contributed by atoms with van der Waals surface area (Å²) in [5.41, 5.74) is 2.59. The Balaban J connectivity index is 2.67. The number of aryl methyl sites for hydroxylation is 1. The Bertz CT molecular complexity index is 320. The van der Waals surface area contributed by atoms with Crippen molar-refractivity contribution in [2.75, 3.05) is 0 Å². The Morgan fingerprint density at radius 3 is 2.29 bits per heavy atom. The Morgan fingerprint density at radius 2 is 1.79 bits per heavy atom. The predicted octanol–water partition coefficient (Wildman–Crippen LogP) is 4.89. The van der Waals surface area contributed by atoms with Crippen LogP contribution in [0.15, 0.2) is 29.8 Å². The second-order valence-corrected chi connectivity index (χ2v) is 4.29. The molecule has 1 rings (SSSR count). The number of benzene rings is 1. The van der Waals surface area contributed by atoms with Gasteiger partial charge in [0.05, 0.1) is 0 Å². The molecule has 0 atom stereocenters. The van der Waals surface area contributed by atoms with Crippen LogP contribution in [0.4, 0.5) is 0 Å². The molecule has 0 saturated carbocycles. The summed E-state index contributed by atoms with van der Waals surface area (Å²) in [6.45, 7) is 4.19. The molecule has 76 valence electrons. The van der Waals surface area contributed by atoms with Gasteiger partial charge >= 0.3 is 0 Å². The van der Waals surface area contributed by atoms with E-state index in [0.29, 0.717) is 10.0 Å². The fourth-order valence-electron chi connectivity index (χ4n) is 1.24. The Kier molecular flexibility index (Phi) is 4.50. The number of rotatable bonds is 3. The lowest BCUT2D eigenvalue weighted by molar-refractivity contribution is 0.938. The molecule has 0 saturated heterocycles. The van der Waals surface area contributed by atoms with Gasteiger partial charge in [0.2, 0.25) is 0 Å². The second kappa shape index (κ2) is 5.43. The van der Waals surface area contributed by atoms with Gasteiger partial charge in [-0.3, -0.25) is 0 Å². The maximum absolute atomic E-state index is 5.90. The molecule has 1 aromatic rings. The molecular formula is C12H14Cl2. The fourth-order valence-corrected chi connectivity index (χ4v) is 1.81. The molecule has 0 nitrogen and oxygen atoms in total. The minimum atomic E-state index is 0.714. The van der Waals surface area contributed by atoms with E-state index in [0.717, 1.165) is 12.8 Å². The fraction of sp³-hybridized carbons (Fsp3) is 0.333. The van der Waals surface area contributed by atoms with Gasteiger partial charge in [0, 0.05) is 10.0 Å². The lowest BCUT2D eigenvalue weighted by atomic mass is 10.1. The summed E-state index contributed by atoms with van der Waals surface area (Å²) in [5.74, 6) is 0. The first-order chi connectivity index (χ1) is 6.61. The molecule has 0 spiro atoms. The summed E-state index contributed by atoms with van der Waals surface area (Å²) in [7, 11) is 0. The SMILES string of the molecule is C/C=C(\C)CCc1cc(Cl)cc(Cl)c1. The smallest absolute Gasteiger partial charge is 0.0423 e. The van der Waals surface area contributed by atoms with Crippen LogP contribution in [0.25, 0.3) is 0 Å². The van der Waals surface area contributed by atoms with E-state index in [4.69, 9.17) is 23.2 Å². The predicted molar refractivity (Wildman–Crippen MR) is 64.2 cm³/mol. The summed E-state index contributed by atoms with van der Waals surface area (Å²) < 4.78 is 0. The van der Waals surface area contributed by atoms with Crippen LogP contribution in [-0.2, 0) is 6.42 Å². The first kappa shape index (κ1) is 11.6. The second-order valence-electron chi connectivity index (χ2n) is 3.41. The quantitative estimate of drug-likeness (QED) is 0.647. The zero-order valence-corrected chi connectivity index (χ0v) is 9.99. The van der Waals surface area contributed by atoms with E-state index in [1.807, 2.05) is 12.1 Å². The number of hydrogen-bond acceptors (Lipinski definition) is 0. The summed E-state index contributed by atoms with van der Waals surface area (Å²) in [5, 5.41) is 1.43. The van der Waals surface area contributed by atoms with Crippen LogP contribution in [0.3, 0.4) is 0 Å². The molecule has 14 heavy (non-hydrogen) atoms. The summed E-state index contributed by atoms with van der Waals surface area (Å²) >= 11 is 11.8. The van der Waals surface area contributed by atoms with Crippen molar-refractivity contribution in [3.8, 4) is 0 Å². The van der Waals surface area contributed by atoms with Gasteiger partial charge in [-0.05, 0) is 50.5 Å². The minimum Gasteiger partial charge on any atom is -0.0887 e. The topological polar surface area (TPSA) is 0 Å². The van der Waals surface area contributed by atoms with Crippen molar-refractivity contribution in [1.82, 2.24) is 0 Å².